The first-order chi connectivity index (χ1) is 13.5. The highest BCUT2D eigenvalue weighted by atomic mass is 32.2. The molecule has 152 valence electrons. The molecule has 0 spiro atoms. The molecule has 0 aliphatic carbocycles. The molecule has 3 rings (SSSR count). The minimum absolute atomic E-state index is 0.0442. The van der Waals surface area contributed by atoms with Crippen LogP contribution in [0, 0.1) is 5.92 Å². The van der Waals surface area contributed by atoms with E-state index in [9.17, 15) is 9.59 Å². The van der Waals surface area contributed by atoms with Crippen molar-refractivity contribution < 1.29 is 9.59 Å². The van der Waals surface area contributed by atoms with Gasteiger partial charge in [-0.2, -0.15) is 0 Å². The number of rotatable bonds is 7. The van der Waals surface area contributed by atoms with E-state index >= 15 is 0 Å². The average Bonchev–Trinajstić information content (AvgIpc) is 2.85. The van der Waals surface area contributed by atoms with E-state index in [0.29, 0.717) is 24.8 Å². The average molecular weight is 402 g/mol. The standard InChI is InChI=1S/C22H31N3O2S/c1-5-6-13-25-18(26)14-28-22-19(16-9-7-8-10-17(16)24(22)4)20(25)21(27)23-12-11-15(2)3/h7-10,15,20H,5-6,11-14H2,1-4H3,(H,23,27)/t20-/m1/s1. The van der Waals surface area contributed by atoms with Crippen molar-refractivity contribution in [1.82, 2.24) is 14.8 Å². The molecule has 1 aromatic carbocycles. The molecule has 5 nitrogen and oxygen atoms in total. The zero-order chi connectivity index (χ0) is 20.3. The smallest absolute Gasteiger partial charge is 0.247 e. The quantitative estimate of drug-likeness (QED) is 0.759. The highest BCUT2D eigenvalue weighted by molar-refractivity contribution is 8.00. The normalized spacial score (nSPS) is 17.1. The molecule has 1 aliphatic rings. The summed E-state index contributed by atoms with van der Waals surface area (Å²) in [5, 5.41) is 5.19. The SMILES string of the molecule is CCCCN1C(=O)CSc2c(c3ccccc3n2C)[C@@H]1C(=O)NCCC(C)C. The van der Waals surface area contributed by atoms with Crippen LogP contribution >= 0.6 is 11.8 Å². The maximum absolute atomic E-state index is 13.3. The Morgan fingerprint density at radius 3 is 2.79 bits per heavy atom. The van der Waals surface area contributed by atoms with Gasteiger partial charge in [0, 0.05) is 36.6 Å². The van der Waals surface area contributed by atoms with Gasteiger partial charge >= 0.3 is 0 Å². The van der Waals surface area contributed by atoms with E-state index in [0.717, 1.165) is 40.8 Å². The van der Waals surface area contributed by atoms with E-state index in [-0.39, 0.29) is 11.8 Å². The number of aromatic nitrogens is 1. The van der Waals surface area contributed by atoms with Crippen LogP contribution in [0.2, 0.25) is 0 Å². The number of benzene rings is 1. The lowest BCUT2D eigenvalue weighted by Gasteiger charge is -2.30. The summed E-state index contributed by atoms with van der Waals surface area (Å²) in [5.74, 6) is 0.875. The van der Waals surface area contributed by atoms with Crippen molar-refractivity contribution in [2.24, 2.45) is 13.0 Å². The summed E-state index contributed by atoms with van der Waals surface area (Å²) < 4.78 is 2.13. The van der Waals surface area contributed by atoms with Crippen LogP contribution in [0.1, 0.15) is 51.6 Å². The Morgan fingerprint density at radius 2 is 2.07 bits per heavy atom. The number of nitrogens with zero attached hydrogens (tertiary/aromatic N) is 2. The van der Waals surface area contributed by atoms with Crippen LogP contribution in [0.5, 0.6) is 0 Å². The summed E-state index contributed by atoms with van der Waals surface area (Å²) in [5.41, 5.74) is 2.08. The first kappa shape index (κ1) is 20.8. The van der Waals surface area contributed by atoms with Gasteiger partial charge < -0.3 is 14.8 Å². The maximum atomic E-state index is 13.3. The summed E-state index contributed by atoms with van der Waals surface area (Å²) in [4.78, 5) is 28.1. The Labute approximate surface area is 171 Å². The van der Waals surface area contributed by atoms with Crippen molar-refractivity contribution in [2.45, 2.75) is 51.1 Å². The number of hydrogen-bond donors (Lipinski definition) is 1. The molecule has 0 bridgehead atoms. The van der Waals surface area contributed by atoms with Crippen molar-refractivity contribution in [3.8, 4) is 0 Å². The van der Waals surface area contributed by atoms with Crippen LogP contribution in [0.4, 0.5) is 0 Å². The van der Waals surface area contributed by atoms with Crippen LogP contribution in [0.25, 0.3) is 10.9 Å². The Kier molecular flexibility index (Phi) is 6.70. The predicted octanol–water partition coefficient (Wildman–Crippen LogP) is 4.12. The number of fused-ring (bicyclic) bond motifs is 3. The molecular formula is C22H31N3O2S. The third-order valence-electron chi connectivity index (χ3n) is 5.35. The van der Waals surface area contributed by atoms with Crippen molar-refractivity contribution in [3.05, 3.63) is 29.8 Å². The number of unbranched alkanes of at least 4 members (excludes halogenated alkanes) is 1. The molecule has 2 aromatic rings. The molecule has 1 atom stereocenters. The van der Waals surface area contributed by atoms with Crippen LogP contribution in [0.15, 0.2) is 29.3 Å². The third-order valence-corrected chi connectivity index (χ3v) is 6.51. The molecule has 1 aromatic heterocycles. The zero-order valence-electron chi connectivity index (χ0n) is 17.3. The Bertz CT molecular complexity index is 859. The van der Waals surface area contributed by atoms with Gasteiger partial charge in [0.1, 0.15) is 6.04 Å². The summed E-state index contributed by atoms with van der Waals surface area (Å²) in [6, 6.07) is 7.60. The second-order valence-electron chi connectivity index (χ2n) is 7.90. The fourth-order valence-corrected chi connectivity index (χ4v) is 4.88. The number of aryl methyl sites for hydroxylation is 1. The highest BCUT2D eigenvalue weighted by Crippen LogP contribution is 2.41. The molecule has 0 saturated heterocycles. The van der Waals surface area contributed by atoms with E-state index in [2.05, 4.69) is 42.8 Å². The van der Waals surface area contributed by atoms with Crippen LogP contribution in [-0.2, 0) is 16.6 Å². The van der Waals surface area contributed by atoms with Crippen LogP contribution < -0.4 is 5.32 Å². The van der Waals surface area contributed by atoms with E-state index in [1.54, 1.807) is 16.7 Å². The molecule has 1 N–H and O–H groups in total. The van der Waals surface area contributed by atoms with Gasteiger partial charge in [-0.05, 0) is 24.8 Å². The van der Waals surface area contributed by atoms with Gasteiger partial charge in [0.15, 0.2) is 0 Å². The summed E-state index contributed by atoms with van der Waals surface area (Å²) in [6.07, 6.45) is 2.81. The zero-order valence-corrected chi connectivity index (χ0v) is 18.1. The number of nitrogens with one attached hydrogen (secondary N) is 1. The van der Waals surface area contributed by atoms with Crippen LogP contribution in [-0.4, -0.2) is 40.1 Å². The summed E-state index contributed by atoms with van der Waals surface area (Å²) >= 11 is 1.55. The number of carbonyl (C=O) groups excluding carboxylic acids is 2. The number of para-hydroxylation sites is 1. The van der Waals surface area contributed by atoms with Gasteiger partial charge in [-0.3, -0.25) is 9.59 Å². The molecule has 2 heterocycles. The second kappa shape index (κ2) is 9.03. The van der Waals surface area contributed by atoms with Crippen molar-refractivity contribution in [1.29, 1.82) is 0 Å². The third kappa shape index (κ3) is 4.07. The van der Waals surface area contributed by atoms with Gasteiger partial charge in [0.05, 0.1) is 10.8 Å². The van der Waals surface area contributed by atoms with Gasteiger partial charge in [-0.25, -0.2) is 0 Å². The van der Waals surface area contributed by atoms with E-state index in [1.807, 2.05) is 19.2 Å². The predicted molar refractivity (Wildman–Crippen MR) is 115 cm³/mol. The largest absolute Gasteiger partial charge is 0.354 e. The molecule has 1 aliphatic heterocycles. The Hall–Kier alpha value is -1.95. The molecule has 0 unspecified atom stereocenters. The number of amides is 2. The van der Waals surface area contributed by atoms with Gasteiger partial charge in [0.2, 0.25) is 11.8 Å². The topological polar surface area (TPSA) is 54.3 Å². The number of thioether (sulfide) groups is 1. The minimum atomic E-state index is -0.567. The summed E-state index contributed by atoms with van der Waals surface area (Å²) in [7, 11) is 2.02. The first-order valence-corrected chi connectivity index (χ1v) is 11.2. The lowest BCUT2D eigenvalue weighted by atomic mass is 10.0. The van der Waals surface area contributed by atoms with Crippen LogP contribution in [0.3, 0.4) is 0 Å². The molecule has 0 saturated carbocycles. The maximum Gasteiger partial charge on any atom is 0.247 e. The van der Waals surface area contributed by atoms with Crippen molar-refractivity contribution >= 4 is 34.5 Å². The van der Waals surface area contributed by atoms with Gasteiger partial charge in [-0.1, -0.05) is 57.2 Å². The molecule has 0 radical (unpaired) electrons. The van der Waals surface area contributed by atoms with E-state index < -0.39 is 6.04 Å². The number of carbonyl (C=O) groups is 2. The lowest BCUT2D eigenvalue weighted by Crippen LogP contribution is -2.44. The Balaban J connectivity index is 2.07. The lowest BCUT2D eigenvalue weighted by molar-refractivity contribution is -0.139. The molecule has 6 heteroatoms. The van der Waals surface area contributed by atoms with Crippen molar-refractivity contribution in [3.63, 3.8) is 0 Å². The monoisotopic (exact) mass is 401 g/mol. The van der Waals surface area contributed by atoms with Gasteiger partial charge in [0.25, 0.3) is 0 Å². The molecule has 0 fully saturated rings. The first-order valence-electron chi connectivity index (χ1n) is 10.2. The fraction of sp³-hybridized carbons (Fsp3) is 0.545. The fourth-order valence-electron chi connectivity index (χ4n) is 3.79. The van der Waals surface area contributed by atoms with E-state index in [4.69, 9.17) is 0 Å². The number of hydrogen-bond acceptors (Lipinski definition) is 3. The van der Waals surface area contributed by atoms with E-state index in [1.165, 1.54) is 0 Å². The second-order valence-corrected chi connectivity index (χ2v) is 8.86. The molecule has 28 heavy (non-hydrogen) atoms. The highest BCUT2D eigenvalue weighted by Gasteiger charge is 2.38. The molecule has 2 amide bonds. The summed E-state index contributed by atoms with van der Waals surface area (Å²) in [6.45, 7) is 7.65. The van der Waals surface area contributed by atoms with Gasteiger partial charge in [-0.15, -0.1) is 0 Å². The molecular weight excluding hydrogens is 370 g/mol. The Morgan fingerprint density at radius 1 is 1.32 bits per heavy atom. The minimum Gasteiger partial charge on any atom is -0.354 e. The van der Waals surface area contributed by atoms with Crippen molar-refractivity contribution in [2.75, 3.05) is 18.8 Å².